The van der Waals surface area contributed by atoms with E-state index in [2.05, 4.69) is 10.1 Å². The number of ether oxygens (including phenoxy) is 2. The predicted molar refractivity (Wildman–Crippen MR) is 109 cm³/mol. The summed E-state index contributed by atoms with van der Waals surface area (Å²) in [6.45, 7) is 5.41. The van der Waals surface area contributed by atoms with E-state index in [0.717, 1.165) is 5.56 Å². The first-order valence-corrected chi connectivity index (χ1v) is 9.40. The van der Waals surface area contributed by atoms with E-state index in [1.54, 1.807) is 36.9 Å². The third kappa shape index (κ3) is 4.32. The molecule has 8 heteroatoms. The van der Waals surface area contributed by atoms with Crippen molar-refractivity contribution in [1.29, 1.82) is 0 Å². The Morgan fingerprint density at radius 2 is 1.83 bits per heavy atom. The molecule has 0 saturated heterocycles. The molecule has 2 heterocycles. The molecule has 0 aliphatic rings. The zero-order valence-corrected chi connectivity index (χ0v) is 17.3. The SMILES string of the molecule is COC(=O)c1c(C)[nH]c(C(=O)C(C)OC(=O)c2ccc(Cn3cccn3)cc2)c1C. The average molecular weight is 409 g/mol. The van der Waals surface area contributed by atoms with Crippen molar-refractivity contribution in [1.82, 2.24) is 14.8 Å². The second-order valence-corrected chi connectivity index (χ2v) is 6.93. The van der Waals surface area contributed by atoms with Crippen LogP contribution in [0.1, 0.15) is 54.9 Å². The Kier molecular flexibility index (Phi) is 6.15. The number of esters is 2. The van der Waals surface area contributed by atoms with E-state index < -0.39 is 23.8 Å². The summed E-state index contributed by atoms with van der Waals surface area (Å²) >= 11 is 0. The molecule has 1 unspecified atom stereocenters. The van der Waals surface area contributed by atoms with Crippen LogP contribution in [-0.4, -0.2) is 45.7 Å². The Hall–Kier alpha value is -3.68. The van der Waals surface area contributed by atoms with Crippen molar-refractivity contribution in [3.63, 3.8) is 0 Å². The van der Waals surface area contributed by atoms with Gasteiger partial charge in [0.25, 0.3) is 0 Å². The summed E-state index contributed by atoms with van der Waals surface area (Å²) in [7, 11) is 1.28. The highest BCUT2D eigenvalue weighted by atomic mass is 16.5. The highest BCUT2D eigenvalue weighted by molar-refractivity contribution is 6.04. The summed E-state index contributed by atoms with van der Waals surface area (Å²) in [5.74, 6) is -1.55. The third-order valence-electron chi connectivity index (χ3n) is 4.82. The molecule has 1 N–H and O–H groups in total. The van der Waals surface area contributed by atoms with Crippen LogP contribution in [0.3, 0.4) is 0 Å². The van der Waals surface area contributed by atoms with Gasteiger partial charge >= 0.3 is 11.9 Å². The summed E-state index contributed by atoms with van der Waals surface area (Å²) in [6, 6.07) is 8.76. The van der Waals surface area contributed by atoms with Crippen molar-refractivity contribution < 1.29 is 23.9 Å². The van der Waals surface area contributed by atoms with Crippen LogP contribution in [-0.2, 0) is 16.0 Å². The number of H-pyrrole nitrogens is 1. The van der Waals surface area contributed by atoms with Gasteiger partial charge < -0.3 is 14.5 Å². The molecule has 2 aromatic heterocycles. The van der Waals surface area contributed by atoms with Crippen LogP contribution >= 0.6 is 0 Å². The minimum absolute atomic E-state index is 0.225. The third-order valence-corrected chi connectivity index (χ3v) is 4.82. The van der Waals surface area contributed by atoms with Crippen molar-refractivity contribution in [2.45, 2.75) is 33.4 Å². The summed E-state index contributed by atoms with van der Waals surface area (Å²) in [5, 5.41) is 4.14. The number of aromatic amines is 1. The minimum Gasteiger partial charge on any atom is -0.465 e. The number of nitrogens with zero attached hydrogens (tertiary/aromatic N) is 2. The van der Waals surface area contributed by atoms with Crippen LogP contribution < -0.4 is 0 Å². The maximum atomic E-state index is 12.8. The van der Waals surface area contributed by atoms with Gasteiger partial charge in [0.1, 0.15) is 0 Å². The van der Waals surface area contributed by atoms with Gasteiger partial charge in [-0.25, -0.2) is 9.59 Å². The molecule has 1 aromatic carbocycles. The fraction of sp³-hybridized carbons (Fsp3) is 0.273. The Morgan fingerprint density at radius 3 is 2.43 bits per heavy atom. The zero-order chi connectivity index (χ0) is 21.8. The van der Waals surface area contributed by atoms with Gasteiger partial charge in [0.05, 0.1) is 30.5 Å². The lowest BCUT2D eigenvalue weighted by atomic mass is 10.1. The van der Waals surface area contributed by atoms with E-state index in [4.69, 9.17) is 9.47 Å². The molecule has 3 aromatic rings. The molecule has 3 rings (SSSR count). The number of hydrogen-bond donors (Lipinski definition) is 1. The van der Waals surface area contributed by atoms with Crippen LogP contribution in [0, 0.1) is 13.8 Å². The molecule has 30 heavy (non-hydrogen) atoms. The van der Waals surface area contributed by atoms with Crippen LogP contribution in [0.2, 0.25) is 0 Å². The molecule has 156 valence electrons. The van der Waals surface area contributed by atoms with Crippen LogP contribution in [0.25, 0.3) is 0 Å². The Bertz CT molecular complexity index is 1070. The van der Waals surface area contributed by atoms with Crippen molar-refractivity contribution in [2.75, 3.05) is 7.11 Å². The van der Waals surface area contributed by atoms with Gasteiger partial charge in [-0.15, -0.1) is 0 Å². The minimum atomic E-state index is -1.02. The molecule has 0 spiro atoms. The van der Waals surface area contributed by atoms with E-state index in [1.807, 2.05) is 24.4 Å². The topological polar surface area (TPSA) is 103 Å². The maximum Gasteiger partial charge on any atom is 0.339 e. The second kappa shape index (κ2) is 8.77. The molecular formula is C22H23N3O5. The number of Topliss-reactive ketones (excluding diaryl/α,β-unsaturated/α-hetero) is 1. The number of hydrogen-bond acceptors (Lipinski definition) is 6. The van der Waals surface area contributed by atoms with Gasteiger partial charge in [0, 0.05) is 18.1 Å². The van der Waals surface area contributed by atoms with E-state index in [9.17, 15) is 14.4 Å². The van der Waals surface area contributed by atoms with Gasteiger partial charge in [-0.1, -0.05) is 12.1 Å². The van der Waals surface area contributed by atoms with Crippen LogP contribution in [0.4, 0.5) is 0 Å². The smallest absolute Gasteiger partial charge is 0.339 e. The van der Waals surface area contributed by atoms with Gasteiger partial charge in [-0.2, -0.15) is 5.10 Å². The lowest BCUT2D eigenvalue weighted by molar-refractivity contribution is 0.0316. The summed E-state index contributed by atoms with van der Waals surface area (Å²) in [4.78, 5) is 40.0. The molecule has 1 atom stereocenters. The molecule has 0 amide bonds. The number of ketones is 1. The molecule has 8 nitrogen and oxygen atoms in total. The van der Waals surface area contributed by atoms with Crippen LogP contribution in [0.15, 0.2) is 42.7 Å². The molecule has 0 radical (unpaired) electrons. The lowest BCUT2D eigenvalue weighted by Crippen LogP contribution is -2.25. The lowest BCUT2D eigenvalue weighted by Gasteiger charge is -2.12. The average Bonchev–Trinajstić information content (AvgIpc) is 3.34. The maximum absolute atomic E-state index is 12.8. The Labute approximate surface area is 173 Å². The predicted octanol–water partition coefficient (Wildman–Crippen LogP) is 3.09. The summed E-state index contributed by atoms with van der Waals surface area (Å²) < 4.78 is 11.9. The first kappa shape index (κ1) is 21.0. The first-order chi connectivity index (χ1) is 14.3. The molecule has 0 aliphatic carbocycles. The number of nitrogens with one attached hydrogen (secondary N) is 1. The van der Waals surface area contributed by atoms with Crippen molar-refractivity contribution in [3.05, 3.63) is 76.4 Å². The molecular weight excluding hydrogens is 386 g/mol. The monoisotopic (exact) mass is 409 g/mol. The normalized spacial score (nSPS) is 11.7. The number of aryl methyl sites for hydroxylation is 1. The van der Waals surface area contributed by atoms with Crippen LogP contribution in [0.5, 0.6) is 0 Å². The first-order valence-electron chi connectivity index (χ1n) is 9.40. The standard InChI is InChI=1S/C22H23N3O5/c1-13-18(22(28)29-4)14(2)24-19(13)20(26)15(3)30-21(27)17-8-6-16(7-9-17)12-25-11-5-10-23-25/h5-11,15,24H,12H2,1-4H3. The quantitative estimate of drug-likeness (QED) is 0.475. The van der Waals surface area contributed by atoms with Crippen molar-refractivity contribution >= 4 is 17.7 Å². The van der Waals surface area contributed by atoms with E-state index in [1.165, 1.54) is 14.0 Å². The largest absolute Gasteiger partial charge is 0.465 e. The van der Waals surface area contributed by atoms with Gasteiger partial charge in [0.2, 0.25) is 5.78 Å². The number of carbonyl (C=O) groups excluding carboxylic acids is 3. The van der Waals surface area contributed by atoms with Crippen molar-refractivity contribution in [3.8, 4) is 0 Å². The van der Waals surface area contributed by atoms with E-state index in [-0.39, 0.29) is 5.69 Å². The Balaban J connectivity index is 1.68. The molecule has 0 saturated carbocycles. The number of rotatable bonds is 7. The Morgan fingerprint density at radius 1 is 1.13 bits per heavy atom. The highest BCUT2D eigenvalue weighted by Crippen LogP contribution is 2.21. The highest BCUT2D eigenvalue weighted by Gasteiger charge is 2.27. The summed E-state index contributed by atoms with van der Waals surface area (Å²) in [6.07, 6.45) is 2.53. The molecule has 0 bridgehead atoms. The van der Waals surface area contributed by atoms with Crippen molar-refractivity contribution in [2.24, 2.45) is 0 Å². The summed E-state index contributed by atoms with van der Waals surface area (Å²) in [5.41, 5.74) is 2.85. The van der Waals surface area contributed by atoms with Gasteiger partial charge in [-0.05, 0) is 50.1 Å². The van der Waals surface area contributed by atoms with E-state index in [0.29, 0.717) is 28.9 Å². The van der Waals surface area contributed by atoms with E-state index >= 15 is 0 Å². The number of aromatic nitrogens is 3. The van der Waals surface area contributed by atoms with Gasteiger partial charge in [-0.3, -0.25) is 9.48 Å². The fourth-order valence-electron chi connectivity index (χ4n) is 3.22. The number of methoxy groups -OCH3 is 1. The molecule has 0 aliphatic heterocycles. The zero-order valence-electron chi connectivity index (χ0n) is 17.3. The number of benzene rings is 1. The molecule has 0 fully saturated rings. The number of carbonyl (C=O) groups is 3. The fourth-order valence-corrected chi connectivity index (χ4v) is 3.22. The van der Waals surface area contributed by atoms with Gasteiger partial charge in [0.15, 0.2) is 6.10 Å². The second-order valence-electron chi connectivity index (χ2n) is 6.93.